The highest BCUT2D eigenvalue weighted by molar-refractivity contribution is 5.90. The van der Waals surface area contributed by atoms with Crippen molar-refractivity contribution in [2.45, 2.75) is 19.9 Å². The van der Waals surface area contributed by atoms with E-state index in [2.05, 4.69) is 5.32 Å². The summed E-state index contributed by atoms with van der Waals surface area (Å²) in [6.45, 7) is 2.33. The fourth-order valence-electron chi connectivity index (χ4n) is 2.55. The zero-order chi connectivity index (χ0) is 19.8. The Morgan fingerprint density at radius 3 is 2.39 bits per heavy atom. The quantitative estimate of drug-likeness (QED) is 0.642. The maximum Gasteiger partial charge on any atom is 0.293 e. The number of aromatic nitrogens is 1. The van der Waals surface area contributed by atoms with E-state index in [4.69, 9.17) is 9.47 Å². The summed E-state index contributed by atoms with van der Waals surface area (Å²) < 4.78 is 12.5. The van der Waals surface area contributed by atoms with E-state index in [1.54, 1.807) is 42.6 Å². The number of amides is 1. The second-order valence-corrected chi connectivity index (χ2v) is 6.14. The summed E-state index contributed by atoms with van der Waals surface area (Å²) in [5, 5.41) is 2.78. The van der Waals surface area contributed by atoms with Crippen LogP contribution < -0.4 is 20.3 Å². The van der Waals surface area contributed by atoms with Gasteiger partial charge < -0.3 is 19.4 Å². The Bertz CT molecular complexity index is 966. The molecule has 3 aromatic rings. The van der Waals surface area contributed by atoms with E-state index < -0.39 is 0 Å². The molecule has 0 aliphatic rings. The topological polar surface area (TPSA) is 69.6 Å². The number of pyridine rings is 1. The van der Waals surface area contributed by atoms with Crippen molar-refractivity contribution >= 4 is 11.6 Å². The number of benzene rings is 2. The number of carbonyl (C=O) groups excluding carboxylic acids is 1. The predicted octanol–water partition coefficient (Wildman–Crippen LogP) is 4.07. The van der Waals surface area contributed by atoms with Crippen LogP contribution in [-0.2, 0) is 11.3 Å². The number of hydrogen-bond donors (Lipinski definition) is 1. The number of nitrogens with zero attached hydrogens (tertiary/aromatic N) is 1. The lowest BCUT2D eigenvalue weighted by Crippen LogP contribution is -2.28. The first-order valence-electron chi connectivity index (χ1n) is 9.11. The molecule has 0 unspecified atom stereocenters. The van der Waals surface area contributed by atoms with E-state index in [0.717, 1.165) is 12.2 Å². The molecule has 0 aliphatic carbocycles. The highest BCUT2D eigenvalue weighted by atomic mass is 16.5. The number of hydrogen-bond acceptors (Lipinski definition) is 4. The zero-order valence-electron chi connectivity index (χ0n) is 15.6. The molecule has 0 bridgehead atoms. The van der Waals surface area contributed by atoms with Crippen LogP contribution in [0.5, 0.6) is 17.2 Å². The lowest BCUT2D eigenvalue weighted by atomic mass is 10.3. The van der Waals surface area contributed by atoms with E-state index >= 15 is 0 Å². The number of anilines is 1. The first-order chi connectivity index (χ1) is 13.7. The minimum Gasteiger partial charge on any atom is -0.488 e. The van der Waals surface area contributed by atoms with Gasteiger partial charge in [-0.2, -0.15) is 0 Å². The van der Waals surface area contributed by atoms with E-state index in [1.807, 2.05) is 37.3 Å². The molecule has 0 aliphatic heterocycles. The second-order valence-electron chi connectivity index (χ2n) is 6.14. The SMILES string of the molecule is CCCOc1cccn(CC(=O)Nc2ccc(Oc3ccccc3)cc2)c1=O. The molecule has 144 valence electrons. The molecular formula is C22H22N2O4. The van der Waals surface area contributed by atoms with Crippen molar-refractivity contribution in [1.82, 2.24) is 4.57 Å². The van der Waals surface area contributed by atoms with Crippen LogP contribution >= 0.6 is 0 Å². The van der Waals surface area contributed by atoms with E-state index in [0.29, 0.717) is 18.0 Å². The van der Waals surface area contributed by atoms with Crippen molar-refractivity contribution in [1.29, 1.82) is 0 Å². The van der Waals surface area contributed by atoms with Gasteiger partial charge in [0.25, 0.3) is 5.56 Å². The molecule has 0 radical (unpaired) electrons. The molecule has 0 atom stereocenters. The van der Waals surface area contributed by atoms with Gasteiger partial charge in [-0.3, -0.25) is 9.59 Å². The first kappa shape index (κ1) is 19.2. The maximum atomic E-state index is 12.3. The molecular weight excluding hydrogens is 356 g/mol. The molecule has 0 fully saturated rings. The minimum atomic E-state index is -0.322. The molecule has 1 aromatic heterocycles. The van der Waals surface area contributed by atoms with Crippen molar-refractivity contribution < 1.29 is 14.3 Å². The zero-order valence-corrected chi connectivity index (χ0v) is 15.6. The summed E-state index contributed by atoms with van der Waals surface area (Å²) in [5.74, 6) is 1.36. The van der Waals surface area contributed by atoms with Gasteiger partial charge in [0.1, 0.15) is 18.0 Å². The molecule has 1 N–H and O–H groups in total. The number of ether oxygens (including phenoxy) is 2. The van der Waals surface area contributed by atoms with Crippen molar-refractivity contribution in [2.75, 3.05) is 11.9 Å². The lowest BCUT2D eigenvalue weighted by molar-refractivity contribution is -0.116. The Morgan fingerprint density at radius 2 is 1.68 bits per heavy atom. The Balaban J connectivity index is 1.60. The summed E-state index contributed by atoms with van der Waals surface area (Å²) in [7, 11) is 0. The third-order valence-electron chi connectivity index (χ3n) is 3.88. The molecule has 1 amide bonds. The summed E-state index contributed by atoms with van der Waals surface area (Å²) in [4.78, 5) is 24.6. The standard InChI is InChI=1S/C22H22N2O4/c1-2-15-27-20-9-6-14-24(22(20)26)16-21(25)23-17-10-12-19(13-11-17)28-18-7-4-3-5-8-18/h3-14H,2,15-16H2,1H3,(H,23,25). The van der Waals surface area contributed by atoms with E-state index in [9.17, 15) is 9.59 Å². The maximum absolute atomic E-state index is 12.3. The molecule has 0 saturated carbocycles. The molecule has 3 rings (SSSR count). The van der Waals surface area contributed by atoms with E-state index in [1.165, 1.54) is 4.57 Å². The fraction of sp³-hybridized carbons (Fsp3) is 0.182. The molecule has 0 spiro atoms. The van der Waals surface area contributed by atoms with Gasteiger partial charge in [-0.05, 0) is 55.0 Å². The van der Waals surface area contributed by atoms with Crippen LogP contribution in [-0.4, -0.2) is 17.1 Å². The smallest absolute Gasteiger partial charge is 0.293 e. The number of nitrogens with one attached hydrogen (secondary N) is 1. The average molecular weight is 378 g/mol. The summed E-state index contributed by atoms with van der Waals surface area (Å²) >= 11 is 0. The summed E-state index contributed by atoms with van der Waals surface area (Å²) in [6.07, 6.45) is 2.37. The molecule has 28 heavy (non-hydrogen) atoms. The highest BCUT2D eigenvalue weighted by Crippen LogP contribution is 2.22. The van der Waals surface area contributed by atoms with Crippen molar-refractivity contribution in [3.63, 3.8) is 0 Å². The van der Waals surface area contributed by atoms with Crippen LogP contribution in [0, 0.1) is 0 Å². The second kappa shape index (κ2) is 9.41. The third kappa shape index (κ3) is 5.23. The largest absolute Gasteiger partial charge is 0.488 e. The van der Waals surface area contributed by atoms with Gasteiger partial charge in [-0.25, -0.2) is 0 Å². The van der Waals surface area contributed by atoms with Gasteiger partial charge in [-0.15, -0.1) is 0 Å². The van der Waals surface area contributed by atoms with Crippen molar-refractivity contribution in [3.05, 3.63) is 83.3 Å². The van der Waals surface area contributed by atoms with Gasteiger partial charge in [0.05, 0.1) is 6.61 Å². The van der Waals surface area contributed by atoms with Crippen LogP contribution in [0.25, 0.3) is 0 Å². The Morgan fingerprint density at radius 1 is 0.964 bits per heavy atom. The van der Waals surface area contributed by atoms with Gasteiger partial charge in [0, 0.05) is 11.9 Å². The predicted molar refractivity (Wildman–Crippen MR) is 108 cm³/mol. The van der Waals surface area contributed by atoms with Crippen LogP contribution in [0.3, 0.4) is 0 Å². The van der Waals surface area contributed by atoms with Gasteiger partial charge in [-0.1, -0.05) is 25.1 Å². The minimum absolute atomic E-state index is 0.0928. The van der Waals surface area contributed by atoms with Gasteiger partial charge >= 0.3 is 0 Å². The molecule has 1 heterocycles. The lowest BCUT2D eigenvalue weighted by Gasteiger charge is -2.10. The van der Waals surface area contributed by atoms with Crippen LogP contribution in [0.15, 0.2) is 77.7 Å². The fourth-order valence-corrected chi connectivity index (χ4v) is 2.55. The number of para-hydroxylation sites is 1. The van der Waals surface area contributed by atoms with Crippen molar-refractivity contribution in [2.24, 2.45) is 0 Å². The summed E-state index contributed by atoms with van der Waals surface area (Å²) in [5.41, 5.74) is 0.301. The van der Waals surface area contributed by atoms with Crippen molar-refractivity contribution in [3.8, 4) is 17.2 Å². The Hall–Kier alpha value is -3.54. The molecule has 6 nitrogen and oxygen atoms in total. The van der Waals surface area contributed by atoms with Crippen LogP contribution in [0.2, 0.25) is 0 Å². The Kier molecular flexibility index (Phi) is 6.46. The normalized spacial score (nSPS) is 10.3. The Labute approximate surface area is 163 Å². The molecule has 6 heteroatoms. The highest BCUT2D eigenvalue weighted by Gasteiger charge is 2.09. The monoisotopic (exact) mass is 378 g/mol. The third-order valence-corrected chi connectivity index (χ3v) is 3.88. The average Bonchev–Trinajstić information content (AvgIpc) is 2.71. The first-order valence-corrected chi connectivity index (χ1v) is 9.11. The van der Waals surface area contributed by atoms with E-state index in [-0.39, 0.29) is 23.8 Å². The van der Waals surface area contributed by atoms with Gasteiger partial charge in [0.15, 0.2) is 5.75 Å². The van der Waals surface area contributed by atoms with Gasteiger partial charge in [0.2, 0.25) is 5.91 Å². The number of carbonyl (C=O) groups is 1. The molecule has 0 saturated heterocycles. The number of rotatable bonds is 8. The molecule has 2 aromatic carbocycles. The van der Waals surface area contributed by atoms with Crippen LogP contribution in [0.1, 0.15) is 13.3 Å². The summed E-state index contributed by atoms with van der Waals surface area (Å²) in [6, 6.07) is 19.8. The van der Waals surface area contributed by atoms with Crippen LogP contribution in [0.4, 0.5) is 5.69 Å².